The smallest absolute Gasteiger partial charge is 0.0649 e. The fraction of sp³-hybridized carbons (Fsp3) is 0.130. The van der Waals surface area contributed by atoms with Gasteiger partial charge in [0.15, 0.2) is 0 Å². The lowest BCUT2D eigenvalue weighted by Gasteiger charge is -2.25. The fourth-order valence-electron chi connectivity index (χ4n) is 2.76. The van der Waals surface area contributed by atoms with Crippen molar-refractivity contribution >= 4 is 21.6 Å². The zero-order chi connectivity index (χ0) is 17.3. The van der Waals surface area contributed by atoms with E-state index in [2.05, 4.69) is 118 Å². The number of hydrogen-bond donors (Lipinski definition) is 0. The van der Waals surface area contributed by atoms with Crippen LogP contribution in [0.15, 0.2) is 84.9 Å². The Bertz CT molecular complexity index is 806. The third-order valence-corrected chi connectivity index (χ3v) is 4.22. The summed E-state index contributed by atoms with van der Waals surface area (Å²) in [4.78, 5) is 2.39. The highest BCUT2D eigenvalue weighted by atomic mass is 79.9. The molecule has 0 unspecified atom stereocenters. The summed E-state index contributed by atoms with van der Waals surface area (Å²) in [7, 11) is 0. The minimum atomic E-state index is 0.689. The van der Waals surface area contributed by atoms with Gasteiger partial charge in [-0.25, -0.2) is 0 Å². The van der Waals surface area contributed by atoms with Crippen LogP contribution in [0.4, 0.5) is 5.69 Å². The van der Waals surface area contributed by atoms with Crippen molar-refractivity contribution in [3.8, 4) is 11.8 Å². The van der Waals surface area contributed by atoms with Crippen molar-refractivity contribution in [2.24, 2.45) is 0 Å². The van der Waals surface area contributed by atoms with E-state index in [0.717, 1.165) is 18.7 Å². The first-order valence-corrected chi connectivity index (χ1v) is 9.45. The molecule has 0 aliphatic heterocycles. The standard InChI is InChI=1S/C23H20BrN/c24-16-8-14-20-13-7-15-23(17-20)25(18-21-9-3-1-4-10-21)19-22-11-5-2-6-12-22/h1-7,9-13,15,17H,16,18-19H2. The van der Waals surface area contributed by atoms with Crippen molar-refractivity contribution in [3.05, 3.63) is 102 Å². The van der Waals surface area contributed by atoms with Gasteiger partial charge in [-0.3, -0.25) is 0 Å². The second-order valence-electron chi connectivity index (χ2n) is 5.81. The van der Waals surface area contributed by atoms with Gasteiger partial charge in [0.2, 0.25) is 0 Å². The Kier molecular flexibility index (Phi) is 6.31. The van der Waals surface area contributed by atoms with Gasteiger partial charge in [0.25, 0.3) is 0 Å². The lowest BCUT2D eigenvalue weighted by molar-refractivity contribution is 0.800. The quantitative estimate of drug-likeness (QED) is 0.403. The Hall–Kier alpha value is -2.50. The van der Waals surface area contributed by atoms with Gasteiger partial charge in [-0.05, 0) is 29.3 Å². The maximum atomic E-state index is 3.36. The van der Waals surface area contributed by atoms with Gasteiger partial charge in [0.05, 0.1) is 5.33 Å². The minimum absolute atomic E-state index is 0.689. The van der Waals surface area contributed by atoms with Gasteiger partial charge >= 0.3 is 0 Å². The molecular weight excluding hydrogens is 370 g/mol. The molecule has 0 aliphatic rings. The summed E-state index contributed by atoms with van der Waals surface area (Å²) >= 11 is 3.36. The summed E-state index contributed by atoms with van der Waals surface area (Å²) in [5.74, 6) is 6.27. The monoisotopic (exact) mass is 389 g/mol. The van der Waals surface area contributed by atoms with Crippen molar-refractivity contribution in [2.75, 3.05) is 10.2 Å². The van der Waals surface area contributed by atoms with Crippen molar-refractivity contribution < 1.29 is 0 Å². The molecule has 0 fully saturated rings. The maximum Gasteiger partial charge on any atom is 0.0649 e. The minimum Gasteiger partial charge on any atom is -0.363 e. The Morgan fingerprint density at radius 1 is 0.720 bits per heavy atom. The first kappa shape index (κ1) is 17.3. The molecule has 25 heavy (non-hydrogen) atoms. The Labute approximate surface area is 158 Å². The van der Waals surface area contributed by atoms with E-state index in [-0.39, 0.29) is 0 Å². The number of hydrogen-bond acceptors (Lipinski definition) is 1. The van der Waals surface area contributed by atoms with Crippen LogP contribution >= 0.6 is 15.9 Å². The van der Waals surface area contributed by atoms with Crippen LogP contribution in [0, 0.1) is 11.8 Å². The largest absolute Gasteiger partial charge is 0.363 e. The van der Waals surface area contributed by atoms with E-state index in [4.69, 9.17) is 0 Å². The Morgan fingerprint density at radius 2 is 1.32 bits per heavy atom. The molecule has 1 nitrogen and oxygen atoms in total. The molecule has 0 heterocycles. The molecule has 3 rings (SSSR count). The van der Waals surface area contributed by atoms with Crippen LogP contribution in [0.3, 0.4) is 0 Å². The molecule has 0 aromatic heterocycles. The Morgan fingerprint density at radius 3 is 1.88 bits per heavy atom. The summed E-state index contributed by atoms with van der Waals surface area (Å²) < 4.78 is 0. The summed E-state index contributed by atoms with van der Waals surface area (Å²) in [6, 6.07) is 29.6. The lowest BCUT2D eigenvalue weighted by Crippen LogP contribution is -2.22. The summed E-state index contributed by atoms with van der Waals surface area (Å²) in [6.07, 6.45) is 0. The molecular formula is C23H20BrN. The zero-order valence-corrected chi connectivity index (χ0v) is 15.6. The molecule has 3 aromatic carbocycles. The van der Waals surface area contributed by atoms with Crippen LogP contribution in [0.25, 0.3) is 0 Å². The van der Waals surface area contributed by atoms with E-state index in [1.165, 1.54) is 16.8 Å². The van der Waals surface area contributed by atoms with Crippen LogP contribution in [0.5, 0.6) is 0 Å². The zero-order valence-electron chi connectivity index (χ0n) is 14.0. The molecule has 124 valence electrons. The molecule has 0 saturated carbocycles. The number of nitrogens with zero attached hydrogens (tertiary/aromatic N) is 1. The van der Waals surface area contributed by atoms with E-state index in [1.807, 2.05) is 0 Å². The van der Waals surface area contributed by atoms with Gasteiger partial charge in [-0.1, -0.05) is 94.5 Å². The molecule has 0 aliphatic carbocycles. The van der Waals surface area contributed by atoms with Crippen molar-refractivity contribution in [2.45, 2.75) is 13.1 Å². The first-order chi connectivity index (χ1) is 12.3. The van der Waals surface area contributed by atoms with Crippen LogP contribution in [0.1, 0.15) is 16.7 Å². The van der Waals surface area contributed by atoms with E-state index < -0.39 is 0 Å². The number of rotatable bonds is 5. The normalized spacial score (nSPS) is 9.96. The molecule has 0 bridgehead atoms. The van der Waals surface area contributed by atoms with E-state index in [9.17, 15) is 0 Å². The van der Waals surface area contributed by atoms with Crippen molar-refractivity contribution in [1.29, 1.82) is 0 Å². The van der Waals surface area contributed by atoms with Gasteiger partial charge in [0.1, 0.15) is 0 Å². The van der Waals surface area contributed by atoms with Gasteiger partial charge < -0.3 is 4.90 Å². The van der Waals surface area contributed by atoms with Gasteiger partial charge in [-0.2, -0.15) is 0 Å². The highest BCUT2D eigenvalue weighted by molar-refractivity contribution is 9.09. The molecule has 0 amide bonds. The summed E-state index contributed by atoms with van der Waals surface area (Å²) in [6.45, 7) is 1.73. The molecule has 0 spiro atoms. The van der Waals surface area contributed by atoms with Gasteiger partial charge in [0, 0.05) is 24.3 Å². The van der Waals surface area contributed by atoms with E-state index in [1.54, 1.807) is 0 Å². The topological polar surface area (TPSA) is 3.24 Å². The number of halogens is 1. The van der Waals surface area contributed by atoms with Crippen molar-refractivity contribution in [1.82, 2.24) is 0 Å². The van der Waals surface area contributed by atoms with Gasteiger partial charge in [-0.15, -0.1) is 0 Å². The predicted octanol–water partition coefficient (Wildman–Crippen LogP) is 5.64. The fourth-order valence-corrected chi connectivity index (χ4v) is 2.90. The number of anilines is 1. The lowest BCUT2D eigenvalue weighted by atomic mass is 10.1. The first-order valence-electron chi connectivity index (χ1n) is 8.33. The molecule has 0 atom stereocenters. The van der Waals surface area contributed by atoms with Crippen LogP contribution in [0.2, 0.25) is 0 Å². The van der Waals surface area contributed by atoms with Crippen LogP contribution < -0.4 is 4.90 Å². The van der Waals surface area contributed by atoms with Crippen LogP contribution in [-0.4, -0.2) is 5.33 Å². The highest BCUT2D eigenvalue weighted by Crippen LogP contribution is 2.21. The predicted molar refractivity (Wildman–Crippen MR) is 110 cm³/mol. The Balaban J connectivity index is 1.90. The molecule has 0 N–H and O–H groups in total. The molecule has 2 heteroatoms. The third-order valence-electron chi connectivity index (χ3n) is 3.94. The maximum absolute atomic E-state index is 3.36. The number of alkyl halides is 1. The second kappa shape index (κ2) is 9.11. The SMILES string of the molecule is BrCC#Cc1cccc(N(Cc2ccccc2)Cc2ccccc2)c1. The van der Waals surface area contributed by atoms with E-state index >= 15 is 0 Å². The molecule has 0 radical (unpaired) electrons. The third kappa shape index (κ3) is 5.24. The second-order valence-corrected chi connectivity index (χ2v) is 6.37. The molecule has 0 saturated heterocycles. The highest BCUT2D eigenvalue weighted by Gasteiger charge is 2.09. The average Bonchev–Trinajstić information content (AvgIpc) is 2.68. The van der Waals surface area contributed by atoms with E-state index in [0.29, 0.717) is 5.33 Å². The van der Waals surface area contributed by atoms with Crippen LogP contribution in [-0.2, 0) is 13.1 Å². The number of benzene rings is 3. The molecule has 3 aromatic rings. The van der Waals surface area contributed by atoms with Crippen molar-refractivity contribution in [3.63, 3.8) is 0 Å². The summed E-state index contributed by atoms with van der Waals surface area (Å²) in [5, 5.41) is 0.689. The summed E-state index contributed by atoms with van der Waals surface area (Å²) in [5.41, 5.74) is 4.84. The average molecular weight is 390 g/mol.